The van der Waals surface area contributed by atoms with Crippen LogP contribution in [0.3, 0.4) is 0 Å². The lowest BCUT2D eigenvalue weighted by Gasteiger charge is -2.39. The van der Waals surface area contributed by atoms with E-state index in [1.54, 1.807) is 16.8 Å². The molecule has 6 bridgehead atoms. The molecule has 0 aliphatic carbocycles. The highest BCUT2D eigenvalue weighted by Crippen LogP contribution is 2.42. The first-order valence-corrected chi connectivity index (χ1v) is 25.4. The van der Waals surface area contributed by atoms with Gasteiger partial charge in [0, 0.05) is 98.8 Å². The standard InChI is InChI=1S/C51H70N10O6S/c1-10-60-41-16-15-33-23-35(41)36(45(60)34-13-11-19-52-43(34)30(2)3)25-51(6,7)29-67-49(65)37-14-12-20-61(56-37)48(64)38(24-42-54-40(33)28-68-42)55-46(62)44(31(4)5)58(9)50(66)59-21-17-32(18-22-59)27-57(8)47(63)39-26-53-39/h11,13,15-16,19,23,28,30-32,37-39,44,53,56H,10,12,14,17-18,20-22,24-27,29H2,1-9H3,(H,55,62)/t37-,38-,39+,44-/m0/s1. The minimum absolute atomic E-state index is 0.0767. The highest BCUT2D eigenvalue weighted by molar-refractivity contribution is 7.10. The molecule has 3 aromatic heterocycles. The van der Waals surface area contributed by atoms with Gasteiger partial charge in [-0.25, -0.2) is 15.2 Å². The Morgan fingerprint density at radius 2 is 1.79 bits per heavy atom. The van der Waals surface area contributed by atoms with Crippen LogP contribution < -0.4 is 16.1 Å². The van der Waals surface area contributed by atoms with Gasteiger partial charge in [-0.3, -0.25) is 29.2 Å². The molecule has 68 heavy (non-hydrogen) atoms. The second-order valence-electron chi connectivity index (χ2n) is 20.7. The monoisotopic (exact) mass is 951 g/mol. The zero-order chi connectivity index (χ0) is 48.6. The van der Waals surface area contributed by atoms with Crippen molar-refractivity contribution < 1.29 is 28.7 Å². The number of rotatable bonds is 10. The van der Waals surface area contributed by atoms with Crippen LogP contribution in [0.5, 0.6) is 0 Å². The number of urea groups is 1. The van der Waals surface area contributed by atoms with E-state index in [2.05, 4.69) is 79.5 Å². The largest absolute Gasteiger partial charge is 0.464 e. The second-order valence-corrected chi connectivity index (χ2v) is 21.7. The summed E-state index contributed by atoms with van der Waals surface area (Å²) in [6.45, 7) is 18.1. The van der Waals surface area contributed by atoms with Gasteiger partial charge >= 0.3 is 12.0 Å². The first-order chi connectivity index (χ1) is 32.4. The number of likely N-dealkylation sites (tertiary alicyclic amines) is 1. The maximum Gasteiger partial charge on any atom is 0.324 e. The van der Waals surface area contributed by atoms with E-state index >= 15 is 0 Å². The Morgan fingerprint density at radius 3 is 2.49 bits per heavy atom. The number of pyridine rings is 1. The van der Waals surface area contributed by atoms with Gasteiger partial charge in [0.2, 0.25) is 11.8 Å². The molecule has 0 unspecified atom stereocenters. The van der Waals surface area contributed by atoms with Gasteiger partial charge in [0.25, 0.3) is 5.91 Å². The van der Waals surface area contributed by atoms with Crippen molar-refractivity contribution in [1.82, 2.24) is 50.3 Å². The van der Waals surface area contributed by atoms with Crippen molar-refractivity contribution in [1.29, 1.82) is 0 Å². The fourth-order valence-electron chi connectivity index (χ4n) is 10.4. The average molecular weight is 951 g/mol. The van der Waals surface area contributed by atoms with Gasteiger partial charge in [-0.1, -0.05) is 47.6 Å². The number of nitrogens with zero attached hydrogens (tertiary/aromatic N) is 7. The number of hydrogen-bond donors (Lipinski definition) is 3. The number of hydrogen-bond acceptors (Lipinski definition) is 11. The van der Waals surface area contributed by atoms with E-state index in [9.17, 15) is 24.0 Å². The predicted molar refractivity (Wildman–Crippen MR) is 263 cm³/mol. The molecular formula is C51H70N10O6S. The molecule has 0 spiro atoms. The summed E-state index contributed by atoms with van der Waals surface area (Å²) >= 11 is 1.43. The number of likely N-dealkylation sites (N-methyl/N-ethyl adjacent to an activating group) is 2. The highest BCUT2D eigenvalue weighted by Gasteiger charge is 2.40. The number of hydrazine groups is 1. The third kappa shape index (κ3) is 10.4. The van der Waals surface area contributed by atoms with Gasteiger partial charge in [0.15, 0.2) is 0 Å². The molecule has 4 atom stereocenters. The minimum atomic E-state index is -1.06. The third-order valence-electron chi connectivity index (χ3n) is 14.1. The van der Waals surface area contributed by atoms with Crippen molar-refractivity contribution in [3.8, 4) is 22.5 Å². The number of aryl methyl sites for hydroxylation is 1. The molecule has 4 aromatic rings. The minimum Gasteiger partial charge on any atom is -0.464 e. The lowest BCUT2D eigenvalue weighted by Crippen LogP contribution is -2.62. The van der Waals surface area contributed by atoms with E-state index in [1.807, 2.05) is 38.5 Å². The summed E-state index contributed by atoms with van der Waals surface area (Å²) in [5.74, 6) is -0.993. The van der Waals surface area contributed by atoms with Crippen LogP contribution in [0.4, 0.5) is 4.79 Å². The van der Waals surface area contributed by atoms with Crippen LogP contribution in [-0.4, -0.2) is 142 Å². The molecule has 366 valence electrons. The molecule has 3 saturated heterocycles. The summed E-state index contributed by atoms with van der Waals surface area (Å²) in [4.78, 5) is 84.8. The zero-order valence-corrected chi connectivity index (χ0v) is 42.1. The van der Waals surface area contributed by atoms with E-state index in [-0.39, 0.29) is 48.8 Å². The molecule has 5 amide bonds. The normalized spacial score (nSPS) is 21.7. The van der Waals surface area contributed by atoms with E-state index in [1.165, 1.54) is 21.2 Å². The van der Waals surface area contributed by atoms with Gasteiger partial charge in [0.05, 0.1) is 34.7 Å². The number of esters is 1. The van der Waals surface area contributed by atoms with E-state index in [0.29, 0.717) is 50.4 Å². The summed E-state index contributed by atoms with van der Waals surface area (Å²) < 4.78 is 8.50. The number of fused-ring (bicyclic) bond motifs is 6. The number of aromatic nitrogens is 3. The molecule has 0 saturated carbocycles. The molecular weight excluding hydrogens is 881 g/mol. The number of ether oxygens (including phenoxy) is 1. The first-order valence-electron chi connectivity index (χ1n) is 24.5. The highest BCUT2D eigenvalue weighted by atomic mass is 32.1. The lowest BCUT2D eigenvalue weighted by molar-refractivity contribution is -0.155. The van der Waals surface area contributed by atoms with Gasteiger partial charge in [0.1, 0.15) is 18.1 Å². The van der Waals surface area contributed by atoms with E-state index in [4.69, 9.17) is 14.7 Å². The number of nitrogens with one attached hydrogen (secondary N) is 3. The molecule has 3 fully saturated rings. The number of cyclic esters (lactones) is 1. The second kappa shape index (κ2) is 20.3. The number of thiazole rings is 1. The Bertz CT molecular complexity index is 2520. The summed E-state index contributed by atoms with van der Waals surface area (Å²) in [5, 5.41) is 11.3. The van der Waals surface area contributed by atoms with Crippen LogP contribution in [0.1, 0.15) is 96.3 Å². The Labute approximate surface area is 404 Å². The van der Waals surface area contributed by atoms with Crippen molar-refractivity contribution in [2.45, 2.75) is 124 Å². The van der Waals surface area contributed by atoms with Gasteiger partial charge in [-0.05, 0) is 86.6 Å². The summed E-state index contributed by atoms with van der Waals surface area (Å²) in [5.41, 5.74) is 9.85. The SMILES string of the molecule is CCn1c(-c2cccnc2C(C)C)c2c3cc(ccc31)-c1csc(n1)C[C@H](NC(=O)[C@H](C(C)C)N(C)C(=O)N1CCC(CN(C)C(=O)[C@H]3CN3)CC1)C(=O)N1CCC[C@H](N1)C(=O)OCC(C)(C)C2. The molecule has 4 aliphatic rings. The number of carbonyl (C=O) groups is 5. The van der Waals surface area contributed by atoms with Crippen molar-refractivity contribution in [2.24, 2.45) is 17.3 Å². The predicted octanol–water partition coefficient (Wildman–Crippen LogP) is 5.84. The smallest absolute Gasteiger partial charge is 0.324 e. The average Bonchev–Trinajstić information content (AvgIpc) is 4.00. The van der Waals surface area contributed by atoms with Crippen LogP contribution in [0.15, 0.2) is 41.9 Å². The molecule has 17 heteroatoms. The van der Waals surface area contributed by atoms with Crippen LogP contribution in [0, 0.1) is 17.3 Å². The Morgan fingerprint density at radius 1 is 1.04 bits per heavy atom. The number of piperidine rings is 1. The quantitative estimate of drug-likeness (QED) is 0.129. The summed E-state index contributed by atoms with van der Waals surface area (Å²) in [6.07, 6.45) is 5.12. The number of amides is 5. The lowest BCUT2D eigenvalue weighted by atomic mass is 9.84. The fraction of sp³-hybridized carbons (Fsp3) is 0.588. The Balaban J connectivity index is 1.09. The Hall–Kier alpha value is -5.39. The van der Waals surface area contributed by atoms with Crippen LogP contribution >= 0.6 is 11.3 Å². The third-order valence-corrected chi connectivity index (χ3v) is 15.0. The topological polar surface area (TPSA) is 184 Å². The van der Waals surface area contributed by atoms with Crippen molar-refractivity contribution in [3.63, 3.8) is 0 Å². The molecule has 8 rings (SSSR count). The van der Waals surface area contributed by atoms with Crippen molar-refractivity contribution >= 4 is 52.0 Å². The number of benzene rings is 1. The molecule has 4 aliphatic heterocycles. The summed E-state index contributed by atoms with van der Waals surface area (Å²) in [7, 11) is 3.48. The molecule has 3 N–H and O–H groups in total. The first kappa shape index (κ1) is 49.0. The fourth-order valence-corrected chi connectivity index (χ4v) is 11.2. The van der Waals surface area contributed by atoms with Crippen LogP contribution in [0.2, 0.25) is 0 Å². The van der Waals surface area contributed by atoms with Crippen molar-refractivity contribution in [2.75, 3.05) is 53.4 Å². The van der Waals surface area contributed by atoms with Crippen molar-refractivity contribution in [3.05, 3.63) is 58.2 Å². The molecule has 0 radical (unpaired) electrons. The van der Waals surface area contributed by atoms with Crippen LogP contribution in [-0.2, 0) is 43.3 Å². The van der Waals surface area contributed by atoms with Gasteiger partial charge in [-0.2, -0.15) is 0 Å². The van der Waals surface area contributed by atoms with Crippen LogP contribution in [0.25, 0.3) is 33.4 Å². The molecule has 1 aromatic carbocycles. The number of carbonyl (C=O) groups excluding carboxylic acids is 5. The Kier molecular flexibility index (Phi) is 14.6. The summed E-state index contributed by atoms with van der Waals surface area (Å²) in [6, 6.07) is 7.57. The van der Waals surface area contributed by atoms with Gasteiger partial charge < -0.3 is 34.6 Å². The van der Waals surface area contributed by atoms with E-state index in [0.717, 1.165) is 70.6 Å². The van der Waals surface area contributed by atoms with E-state index < -0.39 is 41.3 Å². The molecule has 16 nitrogen and oxygen atoms in total. The zero-order valence-electron chi connectivity index (χ0n) is 41.3. The molecule has 7 heterocycles. The van der Waals surface area contributed by atoms with Gasteiger partial charge in [-0.15, -0.1) is 11.3 Å². The maximum atomic E-state index is 14.7. The maximum absolute atomic E-state index is 14.7.